The van der Waals surface area contributed by atoms with Gasteiger partial charge in [0.2, 0.25) is 0 Å². The first-order valence-corrected chi connectivity index (χ1v) is 26.6. The second-order valence-electron chi connectivity index (χ2n) is 18.9. The van der Waals surface area contributed by atoms with E-state index in [9.17, 15) is 0 Å². The Kier molecular flexibility index (Phi) is 9.90. The number of fused-ring (bicyclic) bond motifs is 11. The Bertz CT molecular complexity index is 4610. The Morgan fingerprint density at radius 1 is 0.243 bits per heavy atom. The van der Waals surface area contributed by atoms with E-state index in [1.165, 1.54) is 61.9 Å². The molecule has 0 fully saturated rings. The van der Waals surface area contributed by atoms with Crippen LogP contribution in [0.15, 0.2) is 265 Å². The van der Waals surface area contributed by atoms with E-state index >= 15 is 0 Å². The number of hydrogen-bond donors (Lipinski definition) is 0. The van der Waals surface area contributed by atoms with Crippen molar-refractivity contribution in [3.05, 3.63) is 261 Å². The lowest BCUT2D eigenvalue weighted by Crippen LogP contribution is -2.10. The minimum absolute atomic E-state index is 0.867. The number of para-hydroxylation sites is 4. The summed E-state index contributed by atoms with van der Waals surface area (Å²) < 4.78 is 11.7. The number of furan rings is 1. The topological polar surface area (TPSA) is 22.9 Å². The molecule has 12 aromatic carbocycles. The zero-order chi connectivity index (χ0) is 48.7. The normalized spacial score (nSPS) is 11.8. The predicted molar refractivity (Wildman–Crippen MR) is 319 cm³/mol. The van der Waals surface area contributed by atoms with Gasteiger partial charge in [0.05, 0.1) is 11.4 Å². The summed E-state index contributed by atoms with van der Waals surface area (Å²) in [6.07, 6.45) is 0. The summed E-state index contributed by atoms with van der Waals surface area (Å²) in [5.41, 5.74) is 11.6. The molecule has 0 unspecified atom stereocenters. The standard InChI is InChI=1S/C68H43N3OS2/c1-3-19-47(20-4-1)69(48-21-5-2-6-22-48)50-33-37-64-59(40-50)56-35-31-52(42-66(56)73-64)70(61-26-13-18-45-16-9-10-23-54(45)61)53-32-36-57-60-41-51(34-38-65(60)74-67(57)43-53)71(49-30-29-44-15-7-8-17-46(44)39-49)62-27-14-25-58-55-24-11-12-28-63(55)72-68(58)62/h1-43H. The van der Waals surface area contributed by atoms with E-state index in [4.69, 9.17) is 4.42 Å². The molecule has 4 nitrogen and oxygen atoms in total. The molecular formula is C68H43N3OS2. The lowest BCUT2D eigenvalue weighted by Gasteiger charge is -2.27. The molecule has 0 saturated heterocycles. The van der Waals surface area contributed by atoms with E-state index in [0.717, 1.165) is 73.1 Å². The minimum Gasteiger partial charge on any atom is -0.454 e. The number of hydrogen-bond acceptors (Lipinski definition) is 6. The molecule has 15 aromatic rings. The molecule has 0 radical (unpaired) electrons. The van der Waals surface area contributed by atoms with E-state index in [0.29, 0.717) is 0 Å². The summed E-state index contributed by atoms with van der Waals surface area (Å²) in [4.78, 5) is 7.16. The summed E-state index contributed by atoms with van der Waals surface area (Å²) in [5, 5.41) is 12.0. The van der Waals surface area contributed by atoms with Gasteiger partial charge in [0, 0.05) is 96.3 Å². The monoisotopic (exact) mass is 981 g/mol. The van der Waals surface area contributed by atoms with Crippen LogP contribution in [0.2, 0.25) is 0 Å². The van der Waals surface area contributed by atoms with Crippen LogP contribution in [-0.2, 0) is 0 Å². The molecule has 0 atom stereocenters. The van der Waals surface area contributed by atoms with Gasteiger partial charge in [-0.25, -0.2) is 0 Å². The maximum Gasteiger partial charge on any atom is 0.159 e. The average Bonchev–Trinajstić information content (AvgIpc) is 4.15. The Morgan fingerprint density at radius 2 is 0.716 bits per heavy atom. The lowest BCUT2D eigenvalue weighted by atomic mass is 10.0. The fourth-order valence-corrected chi connectivity index (χ4v) is 13.4. The van der Waals surface area contributed by atoms with Crippen LogP contribution in [0.3, 0.4) is 0 Å². The highest BCUT2D eigenvalue weighted by atomic mass is 32.1. The number of benzene rings is 12. The maximum absolute atomic E-state index is 6.71. The molecule has 74 heavy (non-hydrogen) atoms. The molecule has 348 valence electrons. The summed E-state index contributed by atoms with van der Waals surface area (Å²) in [6, 6.07) is 94.7. The van der Waals surface area contributed by atoms with E-state index in [1.807, 2.05) is 28.7 Å². The van der Waals surface area contributed by atoms with Gasteiger partial charge in [-0.1, -0.05) is 146 Å². The highest BCUT2D eigenvalue weighted by Crippen LogP contribution is 2.49. The molecular weight excluding hydrogens is 939 g/mol. The Labute approximate surface area is 435 Å². The summed E-state index contributed by atoms with van der Waals surface area (Å²) in [7, 11) is 0. The first-order valence-electron chi connectivity index (χ1n) is 25.0. The van der Waals surface area contributed by atoms with Gasteiger partial charge in [0.1, 0.15) is 5.58 Å². The molecule has 0 bridgehead atoms. The van der Waals surface area contributed by atoms with Crippen molar-refractivity contribution in [2.75, 3.05) is 14.7 Å². The van der Waals surface area contributed by atoms with Crippen molar-refractivity contribution in [1.29, 1.82) is 0 Å². The third kappa shape index (κ3) is 7.02. The van der Waals surface area contributed by atoms with Crippen LogP contribution in [0, 0.1) is 0 Å². The smallest absolute Gasteiger partial charge is 0.159 e. The molecule has 15 rings (SSSR count). The van der Waals surface area contributed by atoms with Gasteiger partial charge in [0.15, 0.2) is 5.58 Å². The number of anilines is 9. The molecule has 0 saturated carbocycles. The minimum atomic E-state index is 0.867. The highest BCUT2D eigenvalue weighted by molar-refractivity contribution is 7.26. The largest absolute Gasteiger partial charge is 0.454 e. The molecule has 3 heterocycles. The van der Waals surface area contributed by atoms with Crippen LogP contribution in [0.1, 0.15) is 0 Å². The molecule has 0 N–H and O–H groups in total. The number of rotatable bonds is 9. The Morgan fingerprint density at radius 3 is 1.41 bits per heavy atom. The third-order valence-corrected chi connectivity index (χ3v) is 16.8. The van der Waals surface area contributed by atoms with Gasteiger partial charge >= 0.3 is 0 Å². The number of thiophene rings is 2. The second-order valence-corrected chi connectivity index (χ2v) is 21.1. The van der Waals surface area contributed by atoms with Crippen LogP contribution in [-0.4, -0.2) is 0 Å². The fraction of sp³-hybridized carbons (Fsp3) is 0. The lowest BCUT2D eigenvalue weighted by molar-refractivity contribution is 0.669. The van der Waals surface area contributed by atoms with Crippen LogP contribution in [0.5, 0.6) is 0 Å². The molecule has 6 heteroatoms. The van der Waals surface area contributed by atoms with Crippen LogP contribution < -0.4 is 14.7 Å². The molecule has 0 aliphatic rings. The third-order valence-electron chi connectivity index (χ3n) is 14.6. The van der Waals surface area contributed by atoms with Crippen molar-refractivity contribution in [2.24, 2.45) is 0 Å². The second kappa shape index (κ2) is 17.2. The van der Waals surface area contributed by atoms with Gasteiger partial charge in [0.25, 0.3) is 0 Å². The van der Waals surface area contributed by atoms with E-state index < -0.39 is 0 Å². The predicted octanol–water partition coefficient (Wildman–Crippen LogP) is 21.0. The SMILES string of the molecule is c1ccc(N(c2ccccc2)c2ccc3sc4cc(N(c5ccc6c(c5)sc5ccc(N(c7ccc8ccccc8c7)c7cccc8c7oc7ccccc78)cc56)c5cccc6ccccc56)ccc4c3c2)cc1. The average molecular weight is 982 g/mol. The Balaban J connectivity index is 0.868. The number of nitrogens with zero attached hydrogens (tertiary/aromatic N) is 3. The van der Waals surface area contributed by atoms with Crippen molar-refractivity contribution in [1.82, 2.24) is 0 Å². The first-order chi connectivity index (χ1) is 36.7. The van der Waals surface area contributed by atoms with E-state index in [-0.39, 0.29) is 0 Å². The van der Waals surface area contributed by atoms with Crippen molar-refractivity contribution in [3.63, 3.8) is 0 Å². The van der Waals surface area contributed by atoms with E-state index in [1.54, 1.807) is 0 Å². The van der Waals surface area contributed by atoms with Crippen LogP contribution >= 0.6 is 22.7 Å². The highest BCUT2D eigenvalue weighted by Gasteiger charge is 2.23. The summed E-state index contributed by atoms with van der Waals surface area (Å²) in [6.45, 7) is 0. The fourth-order valence-electron chi connectivity index (χ4n) is 11.1. The molecule has 3 aromatic heterocycles. The van der Waals surface area contributed by atoms with Gasteiger partial charge in [-0.3, -0.25) is 0 Å². The molecule has 0 aliphatic carbocycles. The van der Waals surface area contributed by atoms with Crippen molar-refractivity contribution in [2.45, 2.75) is 0 Å². The van der Waals surface area contributed by atoms with Gasteiger partial charge in [-0.05, 0) is 131 Å². The molecule has 0 amide bonds. The van der Waals surface area contributed by atoms with Gasteiger partial charge in [-0.15, -0.1) is 22.7 Å². The van der Waals surface area contributed by atoms with Gasteiger partial charge < -0.3 is 19.1 Å². The van der Waals surface area contributed by atoms with Crippen molar-refractivity contribution >= 4 is 158 Å². The maximum atomic E-state index is 6.71. The zero-order valence-electron chi connectivity index (χ0n) is 39.9. The van der Waals surface area contributed by atoms with Crippen molar-refractivity contribution < 1.29 is 4.42 Å². The quantitative estimate of drug-likeness (QED) is 0.144. The summed E-state index contributed by atoms with van der Waals surface area (Å²) in [5.74, 6) is 0. The summed E-state index contributed by atoms with van der Waals surface area (Å²) >= 11 is 3.70. The molecule has 0 aliphatic heterocycles. The van der Waals surface area contributed by atoms with Crippen LogP contribution in [0.25, 0.3) is 83.8 Å². The first kappa shape index (κ1) is 42.5. The van der Waals surface area contributed by atoms with Gasteiger partial charge in [-0.2, -0.15) is 0 Å². The molecule has 0 spiro atoms. The van der Waals surface area contributed by atoms with Crippen molar-refractivity contribution in [3.8, 4) is 0 Å². The zero-order valence-corrected chi connectivity index (χ0v) is 41.5. The van der Waals surface area contributed by atoms with Crippen LogP contribution in [0.4, 0.5) is 51.2 Å². The van der Waals surface area contributed by atoms with E-state index in [2.05, 4.69) is 269 Å². The Hall–Kier alpha value is -9.20.